The SMILES string of the molecule is Cc1cc(N)n(C2CCN3CCCCC23)n1. The van der Waals surface area contributed by atoms with Crippen LogP contribution in [0.5, 0.6) is 0 Å². The molecule has 1 aromatic rings. The summed E-state index contributed by atoms with van der Waals surface area (Å²) >= 11 is 0. The molecule has 2 atom stereocenters. The average Bonchev–Trinajstić information content (AvgIpc) is 2.81. The molecule has 0 saturated carbocycles. The summed E-state index contributed by atoms with van der Waals surface area (Å²) in [5, 5.41) is 4.55. The van der Waals surface area contributed by atoms with Crippen LogP contribution in [0.4, 0.5) is 5.82 Å². The maximum atomic E-state index is 6.02. The Labute approximate surface area is 96.4 Å². The Morgan fingerprint density at radius 3 is 2.88 bits per heavy atom. The predicted molar refractivity (Wildman–Crippen MR) is 64.2 cm³/mol. The van der Waals surface area contributed by atoms with Crippen LogP contribution in [0.25, 0.3) is 0 Å². The highest BCUT2D eigenvalue weighted by Gasteiger charge is 2.37. The smallest absolute Gasteiger partial charge is 0.122 e. The van der Waals surface area contributed by atoms with Gasteiger partial charge in [-0.3, -0.25) is 4.90 Å². The first-order valence-corrected chi connectivity index (χ1v) is 6.31. The summed E-state index contributed by atoms with van der Waals surface area (Å²) in [5.41, 5.74) is 7.06. The van der Waals surface area contributed by atoms with E-state index < -0.39 is 0 Å². The van der Waals surface area contributed by atoms with Crippen molar-refractivity contribution in [3.05, 3.63) is 11.8 Å². The summed E-state index contributed by atoms with van der Waals surface area (Å²) in [5.74, 6) is 0.829. The lowest BCUT2D eigenvalue weighted by atomic mass is 9.99. The fraction of sp³-hybridized carbons (Fsp3) is 0.750. The molecule has 2 unspecified atom stereocenters. The van der Waals surface area contributed by atoms with Crippen molar-refractivity contribution < 1.29 is 0 Å². The molecule has 16 heavy (non-hydrogen) atoms. The van der Waals surface area contributed by atoms with Gasteiger partial charge in [-0.2, -0.15) is 5.10 Å². The minimum atomic E-state index is 0.508. The Morgan fingerprint density at radius 2 is 2.12 bits per heavy atom. The lowest BCUT2D eigenvalue weighted by molar-refractivity contribution is 0.170. The Hall–Kier alpha value is -1.03. The van der Waals surface area contributed by atoms with Crippen LogP contribution in [-0.2, 0) is 0 Å². The molecule has 2 N–H and O–H groups in total. The van der Waals surface area contributed by atoms with Gasteiger partial charge in [-0.25, -0.2) is 4.68 Å². The summed E-state index contributed by atoms with van der Waals surface area (Å²) in [6.07, 6.45) is 5.23. The molecule has 1 aromatic heterocycles. The summed E-state index contributed by atoms with van der Waals surface area (Å²) in [6, 6.07) is 3.16. The molecule has 2 aliphatic heterocycles. The maximum absolute atomic E-state index is 6.02. The Bertz CT molecular complexity index is 384. The minimum Gasteiger partial charge on any atom is -0.384 e. The Kier molecular flexibility index (Phi) is 2.39. The number of nitrogens with two attached hydrogens (primary N) is 1. The lowest BCUT2D eigenvalue weighted by Crippen LogP contribution is -2.38. The molecule has 4 heteroatoms. The standard InChI is InChI=1S/C12H20N4/c1-9-8-12(13)16(14-9)11-5-7-15-6-3-2-4-10(11)15/h8,10-11H,2-7,13H2,1H3. The number of rotatable bonds is 1. The molecule has 0 aromatic carbocycles. The minimum absolute atomic E-state index is 0.508. The van der Waals surface area contributed by atoms with Crippen molar-refractivity contribution in [1.29, 1.82) is 0 Å². The quantitative estimate of drug-likeness (QED) is 0.781. The molecule has 88 valence electrons. The predicted octanol–water partition coefficient (Wildman–Crippen LogP) is 1.57. The summed E-state index contributed by atoms with van der Waals surface area (Å²) in [4.78, 5) is 2.62. The number of nitrogens with zero attached hydrogens (tertiary/aromatic N) is 3. The van der Waals surface area contributed by atoms with Crippen LogP contribution in [0, 0.1) is 6.92 Å². The maximum Gasteiger partial charge on any atom is 0.122 e. The van der Waals surface area contributed by atoms with Crippen molar-refractivity contribution in [2.45, 2.75) is 44.7 Å². The normalized spacial score (nSPS) is 30.6. The van der Waals surface area contributed by atoms with E-state index in [4.69, 9.17) is 5.73 Å². The first kappa shape index (κ1) is 10.1. The van der Waals surface area contributed by atoms with Gasteiger partial charge in [-0.1, -0.05) is 6.42 Å². The van der Waals surface area contributed by atoms with Gasteiger partial charge in [0, 0.05) is 18.7 Å². The van der Waals surface area contributed by atoms with Crippen LogP contribution in [0.1, 0.15) is 37.4 Å². The summed E-state index contributed by atoms with van der Waals surface area (Å²) in [7, 11) is 0. The van der Waals surface area contributed by atoms with Crippen molar-refractivity contribution in [3.63, 3.8) is 0 Å². The second-order valence-corrected chi connectivity index (χ2v) is 5.11. The van der Waals surface area contributed by atoms with Gasteiger partial charge in [-0.15, -0.1) is 0 Å². The molecule has 0 radical (unpaired) electrons. The van der Waals surface area contributed by atoms with E-state index in [1.807, 2.05) is 13.0 Å². The van der Waals surface area contributed by atoms with Crippen molar-refractivity contribution in [2.75, 3.05) is 18.8 Å². The summed E-state index contributed by atoms with van der Waals surface area (Å²) < 4.78 is 2.06. The third kappa shape index (κ3) is 1.52. The first-order chi connectivity index (χ1) is 7.75. The van der Waals surface area contributed by atoms with E-state index in [1.165, 1.54) is 38.8 Å². The Balaban J connectivity index is 1.87. The highest BCUT2D eigenvalue weighted by atomic mass is 15.4. The van der Waals surface area contributed by atoms with Gasteiger partial charge in [0.1, 0.15) is 5.82 Å². The fourth-order valence-electron chi connectivity index (χ4n) is 3.31. The molecule has 0 aliphatic carbocycles. The van der Waals surface area contributed by atoms with E-state index in [2.05, 4.69) is 14.7 Å². The zero-order valence-electron chi connectivity index (χ0n) is 9.89. The second kappa shape index (κ2) is 3.77. The number of aryl methyl sites for hydroxylation is 1. The van der Waals surface area contributed by atoms with Crippen LogP contribution in [0.3, 0.4) is 0 Å². The number of piperidine rings is 1. The molecule has 0 bridgehead atoms. The van der Waals surface area contributed by atoms with Crippen molar-refractivity contribution in [2.24, 2.45) is 0 Å². The van der Waals surface area contributed by atoms with E-state index >= 15 is 0 Å². The number of hydrogen-bond acceptors (Lipinski definition) is 3. The zero-order chi connectivity index (χ0) is 11.1. The molecule has 2 aliphatic rings. The third-order valence-electron chi connectivity index (χ3n) is 4.02. The number of hydrogen-bond donors (Lipinski definition) is 1. The van der Waals surface area contributed by atoms with Gasteiger partial charge in [0.15, 0.2) is 0 Å². The molecule has 4 nitrogen and oxygen atoms in total. The summed E-state index contributed by atoms with van der Waals surface area (Å²) in [6.45, 7) is 4.50. The number of anilines is 1. The van der Waals surface area contributed by atoms with E-state index in [0.717, 1.165) is 11.5 Å². The molecular formula is C12H20N4. The number of fused-ring (bicyclic) bond motifs is 1. The van der Waals surface area contributed by atoms with Gasteiger partial charge < -0.3 is 5.73 Å². The molecule has 3 heterocycles. The molecule has 0 spiro atoms. The van der Waals surface area contributed by atoms with Crippen molar-refractivity contribution in [1.82, 2.24) is 14.7 Å². The average molecular weight is 220 g/mol. The zero-order valence-corrected chi connectivity index (χ0v) is 9.89. The highest BCUT2D eigenvalue weighted by molar-refractivity contribution is 5.31. The fourth-order valence-corrected chi connectivity index (χ4v) is 3.31. The van der Waals surface area contributed by atoms with Crippen LogP contribution in [-0.4, -0.2) is 33.8 Å². The van der Waals surface area contributed by atoms with E-state index in [0.29, 0.717) is 12.1 Å². The van der Waals surface area contributed by atoms with Crippen molar-refractivity contribution >= 4 is 5.82 Å². The van der Waals surface area contributed by atoms with Crippen molar-refractivity contribution in [3.8, 4) is 0 Å². The van der Waals surface area contributed by atoms with Crippen LogP contribution < -0.4 is 5.73 Å². The molecule has 0 amide bonds. The van der Waals surface area contributed by atoms with Crippen LogP contribution >= 0.6 is 0 Å². The van der Waals surface area contributed by atoms with Gasteiger partial charge in [0.25, 0.3) is 0 Å². The van der Waals surface area contributed by atoms with E-state index in [1.54, 1.807) is 0 Å². The molecule has 3 rings (SSSR count). The van der Waals surface area contributed by atoms with Gasteiger partial charge in [-0.05, 0) is 32.7 Å². The van der Waals surface area contributed by atoms with Gasteiger partial charge in [0.05, 0.1) is 11.7 Å². The van der Waals surface area contributed by atoms with Crippen LogP contribution in [0.2, 0.25) is 0 Å². The molecule has 2 fully saturated rings. The van der Waals surface area contributed by atoms with Gasteiger partial charge >= 0.3 is 0 Å². The Morgan fingerprint density at radius 1 is 1.25 bits per heavy atom. The number of nitrogen functional groups attached to an aromatic ring is 1. The van der Waals surface area contributed by atoms with Crippen LogP contribution in [0.15, 0.2) is 6.07 Å². The lowest BCUT2D eigenvalue weighted by Gasteiger charge is -2.32. The monoisotopic (exact) mass is 220 g/mol. The topological polar surface area (TPSA) is 47.1 Å². The van der Waals surface area contributed by atoms with Gasteiger partial charge in [0.2, 0.25) is 0 Å². The van der Waals surface area contributed by atoms with E-state index in [-0.39, 0.29) is 0 Å². The molecule has 2 saturated heterocycles. The highest BCUT2D eigenvalue weighted by Crippen LogP contribution is 2.35. The first-order valence-electron chi connectivity index (χ1n) is 6.31. The molecular weight excluding hydrogens is 200 g/mol. The number of aromatic nitrogens is 2. The second-order valence-electron chi connectivity index (χ2n) is 5.11. The largest absolute Gasteiger partial charge is 0.384 e. The van der Waals surface area contributed by atoms with E-state index in [9.17, 15) is 0 Å². The third-order valence-corrected chi connectivity index (χ3v) is 4.02.